The van der Waals surface area contributed by atoms with Gasteiger partial charge in [-0.1, -0.05) is 19.1 Å². The molecule has 0 saturated heterocycles. The van der Waals surface area contributed by atoms with Crippen LogP contribution in [0.3, 0.4) is 0 Å². The lowest BCUT2D eigenvalue weighted by Crippen LogP contribution is -2.25. The van der Waals surface area contributed by atoms with E-state index in [0.717, 1.165) is 18.5 Å². The number of nitrogens with one attached hydrogen (secondary N) is 1. The van der Waals surface area contributed by atoms with Gasteiger partial charge in [-0.15, -0.1) is 4.72 Å². The molecule has 0 aromatic heterocycles. The fraction of sp³-hybridized carbons (Fsp3) is 0.364. The fourth-order valence-electron chi connectivity index (χ4n) is 1.09. The summed E-state index contributed by atoms with van der Waals surface area (Å²) in [6.07, 6.45) is 0.971. The average Bonchev–Trinajstić information content (AvgIpc) is 2.27. The number of nitriles is 1. The Morgan fingerprint density at radius 2 is 2.07 bits per heavy atom. The number of benzene rings is 1. The van der Waals surface area contributed by atoms with E-state index in [2.05, 4.69) is 10.8 Å². The molecule has 0 aliphatic rings. The van der Waals surface area contributed by atoms with E-state index in [4.69, 9.17) is 5.26 Å². The molecule has 0 aliphatic carbocycles. The molecule has 1 aromatic rings. The average molecular weight is 222 g/mol. The molecule has 1 unspecified atom stereocenters. The van der Waals surface area contributed by atoms with E-state index in [1.165, 1.54) is 0 Å². The molecular formula is C11H14N2OS. The van der Waals surface area contributed by atoms with Crippen LogP contribution in [0, 0.1) is 11.3 Å². The van der Waals surface area contributed by atoms with Crippen LogP contribution in [-0.4, -0.2) is 11.1 Å². The Bertz CT molecular complexity index is 331. The van der Waals surface area contributed by atoms with Crippen LogP contribution < -0.4 is 4.72 Å². The van der Waals surface area contributed by atoms with E-state index < -0.39 is 11.4 Å². The summed E-state index contributed by atoms with van der Waals surface area (Å²) in [5, 5.41) is 8.60. The Kier molecular flexibility index (Phi) is 5.19. The number of hydrogen-bond acceptors (Lipinski definition) is 3. The molecule has 0 heterocycles. The van der Waals surface area contributed by atoms with Crippen molar-refractivity contribution in [3.63, 3.8) is 0 Å². The maximum Gasteiger partial charge on any atom is 0.150 e. The Morgan fingerprint density at radius 3 is 2.60 bits per heavy atom. The molecule has 1 atom stereocenters. The van der Waals surface area contributed by atoms with E-state index in [1.54, 1.807) is 12.1 Å². The first-order valence-corrected chi connectivity index (χ1v) is 6.19. The minimum atomic E-state index is -1.01. The molecule has 1 aromatic carbocycles. The molecule has 4 heteroatoms. The highest BCUT2D eigenvalue weighted by Crippen LogP contribution is 2.06. The Hall–Kier alpha value is -1.02. The van der Waals surface area contributed by atoms with Gasteiger partial charge in [0, 0.05) is 23.5 Å². The summed E-state index contributed by atoms with van der Waals surface area (Å²) >= 11 is -1.01. The predicted octanol–water partition coefficient (Wildman–Crippen LogP) is 1.72. The van der Waals surface area contributed by atoms with Crippen LogP contribution in [0.5, 0.6) is 0 Å². The zero-order valence-electron chi connectivity index (χ0n) is 8.69. The molecule has 80 valence electrons. The van der Waals surface area contributed by atoms with Crippen molar-refractivity contribution in [3.05, 3.63) is 35.4 Å². The molecular weight excluding hydrogens is 208 g/mol. The van der Waals surface area contributed by atoms with Crippen LogP contribution in [0.15, 0.2) is 24.3 Å². The first kappa shape index (κ1) is 12.1. The van der Waals surface area contributed by atoms with Gasteiger partial charge in [-0.25, -0.2) is 0 Å². The van der Waals surface area contributed by atoms with Crippen molar-refractivity contribution < 1.29 is 4.55 Å². The Balaban J connectivity index is 2.47. The first-order chi connectivity index (χ1) is 7.26. The summed E-state index contributed by atoms with van der Waals surface area (Å²) in [5.41, 5.74) is 1.61. The van der Waals surface area contributed by atoms with Crippen molar-refractivity contribution in [1.82, 2.24) is 4.72 Å². The maximum absolute atomic E-state index is 11.5. The van der Waals surface area contributed by atoms with Crippen LogP contribution in [-0.2, 0) is 17.1 Å². The molecule has 0 bridgehead atoms. The van der Waals surface area contributed by atoms with E-state index >= 15 is 0 Å². The van der Waals surface area contributed by atoms with Crippen LogP contribution in [0.4, 0.5) is 0 Å². The molecule has 0 aliphatic heterocycles. The third-order valence-electron chi connectivity index (χ3n) is 1.89. The van der Waals surface area contributed by atoms with Gasteiger partial charge < -0.3 is 4.55 Å². The molecule has 15 heavy (non-hydrogen) atoms. The predicted molar refractivity (Wildman–Crippen MR) is 61.3 cm³/mol. The van der Waals surface area contributed by atoms with E-state index in [-0.39, 0.29) is 0 Å². The van der Waals surface area contributed by atoms with Crippen LogP contribution >= 0.6 is 0 Å². The third kappa shape index (κ3) is 4.34. The van der Waals surface area contributed by atoms with E-state index in [0.29, 0.717) is 11.3 Å². The van der Waals surface area contributed by atoms with Gasteiger partial charge >= 0.3 is 0 Å². The van der Waals surface area contributed by atoms with Gasteiger partial charge in [-0.3, -0.25) is 0 Å². The standard InChI is InChI=1S/C11H14N2OS/c1-2-7-13-15(14)9-11-5-3-10(8-12)4-6-11/h3-6,13H,2,7,9H2,1H3. The third-order valence-corrected chi connectivity index (χ3v) is 3.02. The van der Waals surface area contributed by atoms with Crippen molar-refractivity contribution in [2.24, 2.45) is 0 Å². The molecule has 1 rings (SSSR count). The highest BCUT2D eigenvalue weighted by molar-refractivity contribution is 7.88. The lowest BCUT2D eigenvalue weighted by atomic mass is 10.2. The van der Waals surface area contributed by atoms with Crippen molar-refractivity contribution in [3.8, 4) is 6.07 Å². The van der Waals surface area contributed by atoms with Gasteiger partial charge in [0.25, 0.3) is 0 Å². The van der Waals surface area contributed by atoms with Crippen molar-refractivity contribution in [2.45, 2.75) is 19.1 Å². The zero-order valence-corrected chi connectivity index (χ0v) is 9.51. The summed E-state index contributed by atoms with van der Waals surface area (Å²) in [6.45, 7) is 2.80. The number of rotatable bonds is 5. The highest BCUT2D eigenvalue weighted by atomic mass is 32.2. The monoisotopic (exact) mass is 222 g/mol. The summed E-state index contributed by atoms with van der Waals surface area (Å²) < 4.78 is 14.4. The summed E-state index contributed by atoms with van der Waals surface area (Å²) in [6, 6.07) is 9.21. The van der Waals surface area contributed by atoms with Gasteiger partial charge in [0.05, 0.1) is 11.6 Å². The Morgan fingerprint density at radius 1 is 1.40 bits per heavy atom. The van der Waals surface area contributed by atoms with Gasteiger partial charge in [0.15, 0.2) is 5.75 Å². The summed E-state index contributed by atoms with van der Waals surface area (Å²) in [5.74, 6) is 0.492. The van der Waals surface area contributed by atoms with Crippen molar-refractivity contribution in [1.29, 1.82) is 5.26 Å². The normalized spacial score (nSPS) is 12.1. The lowest BCUT2D eigenvalue weighted by Gasteiger charge is -2.10. The molecule has 0 radical (unpaired) electrons. The number of hydrogen-bond donors (Lipinski definition) is 1. The van der Waals surface area contributed by atoms with Crippen LogP contribution in [0.25, 0.3) is 0 Å². The zero-order chi connectivity index (χ0) is 11.1. The SMILES string of the molecule is CCCN[S+]([O-])Cc1ccc(C#N)cc1. The van der Waals surface area contributed by atoms with E-state index in [9.17, 15) is 4.55 Å². The molecule has 1 N–H and O–H groups in total. The van der Waals surface area contributed by atoms with Crippen LogP contribution in [0.2, 0.25) is 0 Å². The minimum absolute atomic E-state index is 0.492. The summed E-state index contributed by atoms with van der Waals surface area (Å²) in [7, 11) is 0. The second-order valence-corrected chi connectivity index (χ2v) is 4.46. The highest BCUT2D eigenvalue weighted by Gasteiger charge is 2.06. The second-order valence-electron chi connectivity index (χ2n) is 3.19. The maximum atomic E-state index is 11.5. The minimum Gasteiger partial charge on any atom is -0.598 e. The van der Waals surface area contributed by atoms with Crippen molar-refractivity contribution >= 4 is 11.4 Å². The van der Waals surface area contributed by atoms with E-state index in [1.807, 2.05) is 19.1 Å². The van der Waals surface area contributed by atoms with Gasteiger partial charge in [0.1, 0.15) is 0 Å². The molecule has 0 fully saturated rings. The largest absolute Gasteiger partial charge is 0.598 e. The van der Waals surface area contributed by atoms with Gasteiger partial charge in [0.2, 0.25) is 0 Å². The molecule has 3 nitrogen and oxygen atoms in total. The quantitative estimate of drug-likeness (QED) is 0.772. The number of nitrogens with zero attached hydrogens (tertiary/aromatic N) is 1. The van der Waals surface area contributed by atoms with Gasteiger partial charge in [-0.2, -0.15) is 5.26 Å². The second kappa shape index (κ2) is 6.46. The summed E-state index contributed by atoms with van der Waals surface area (Å²) in [4.78, 5) is 0. The first-order valence-electron chi connectivity index (χ1n) is 4.87. The van der Waals surface area contributed by atoms with Crippen LogP contribution in [0.1, 0.15) is 24.5 Å². The molecule has 0 spiro atoms. The lowest BCUT2D eigenvalue weighted by molar-refractivity contribution is 0.579. The molecule has 0 saturated carbocycles. The Labute approximate surface area is 93.4 Å². The van der Waals surface area contributed by atoms with Crippen molar-refractivity contribution in [2.75, 3.05) is 6.54 Å². The fourth-order valence-corrected chi connectivity index (χ4v) is 2.12. The smallest absolute Gasteiger partial charge is 0.150 e. The van der Waals surface area contributed by atoms with Gasteiger partial charge in [-0.05, 0) is 18.6 Å². The topological polar surface area (TPSA) is 58.9 Å². The molecule has 0 amide bonds.